The van der Waals surface area contributed by atoms with Gasteiger partial charge >= 0.3 is 0 Å². The van der Waals surface area contributed by atoms with E-state index < -0.39 is 6.10 Å². The van der Waals surface area contributed by atoms with E-state index in [0.29, 0.717) is 5.02 Å². The maximum absolute atomic E-state index is 10.0. The minimum Gasteiger partial charge on any atom is -0.384 e. The van der Waals surface area contributed by atoms with Crippen LogP contribution in [0.4, 0.5) is 0 Å². The van der Waals surface area contributed by atoms with Gasteiger partial charge in [0.05, 0.1) is 6.10 Å². The lowest BCUT2D eigenvalue weighted by Crippen LogP contribution is -2.37. The van der Waals surface area contributed by atoms with Crippen LogP contribution in [-0.2, 0) is 6.54 Å². The first kappa shape index (κ1) is 14.6. The van der Waals surface area contributed by atoms with Crippen molar-refractivity contribution in [2.45, 2.75) is 44.9 Å². The van der Waals surface area contributed by atoms with Crippen LogP contribution >= 0.6 is 11.6 Å². The standard InChI is InChI=1S/C16H22ClNO/c1-4-15(19)14-7-6-13(17)10-12(14)11-18-9-5-8-16(18,2)3/h4,6-7,10,15,19H,1,5,8-9,11H2,2-3H3/t15-/m1/s1. The monoisotopic (exact) mass is 279 g/mol. The molecule has 2 rings (SSSR count). The highest BCUT2D eigenvalue weighted by Crippen LogP contribution is 2.32. The molecule has 1 heterocycles. The van der Waals surface area contributed by atoms with Gasteiger partial charge in [0.15, 0.2) is 0 Å². The molecule has 1 aliphatic rings. The van der Waals surface area contributed by atoms with Gasteiger partial charge < -0.3 is 5.11 Å². The molecular formula is C16H22ClNO. The summed E-state index contributed by atoms with van der Waals surface area (Å²) in [5, 5.41) is 10.7. The van der Waals surface area contributed by atoms with Gasteiger partial charge in [-0.25, -0.2) is 0 Å². The van der Waals surface area contributed by atoms with E-state index in [1.807, 2.05) is 18.2 Å². The lowest BCUT2D eigenvalue weighted by Gasteiger charge is -2.32. The van der Waals surface area contributed by atoms with Crippen molar-refractivity contribution in [2.24, 2.45) is 0 Å². The summed E-state index contributed by atoms with van der Waals surface area (Å²) in [5.74, 6) is 0. The van der Waals surface area contributed by atoms with Crippen LogP contribution in [-0.4, -0.2) is 22.1 Å². The van der Waals surface area contributed by atoms with Crippen molar-refractivity contribution >= 4 is 11.6 Å². The van der Waals surface area contributed by atoms with Crippen LogP contribution in [0.25, 0.3) is 0 Å². The Balaban J connectivity index is 2.28. The van der Waals surface area contributed by atoms with E-state index in [2.05, 4.69) is 25.3 Å². The second kappa shape index (κ2) is 5.66. The second-order valence-corrected chi connectivity index (χ2v) is 6.30. The molecule has 0 saturated carbocycles. The van der Waals surface area contributed by atoms with Gasteiger partial charge in [0.1, 0.15) is 0 Å². The predicted molar refractivity (Wildman–Crippen MR) is 80.3 cm³/mol. The summed E-state index contributed by atoms with van der Waals surface area (Å²) in [5.41, 5.74) is 2.22. The number of halogens is 1. The minimum absolute atomic E-state index is 0.221. The number of aliphatic hydroxyl groups excluding tert-OH is 1. The topological polar surface area (TPSA) is 23.5 Å². The highest BCUT2D eigenvalue weighted by atomic mass is 35.5. The third kappa shape index (κ3) is 3.19. The summed E-state index contributed by atoms with van der Waals surface area (Å²) in [6.45, 7) is 10.1. The average Bonchev–Trinajstić information content (AvgIpc) is 2.68. The van der Waals surface area contributed by atoms with Crippen molar-refractivity contribution in [1.82, 2.24) is 4.90 Å². The molecule has 0 spiro atoms. The van der Waals surface area contributed by atoms with E-state index in [1.165, 1.54) is 12.8 Å². The highest BCUT2D eigenvalue weighted by Gasteiger charge is 2.32. The number of hydrogen-bond donors (Lipinski definition) is 1. The Morgan fingerprint density at radius 3 is 2.84 bits per heavy atom. The summed E-state index contributed by atoms with van der Waals surface area (Å²) in [6, 6.07) is 5.67. The van der Waals surface area contributed by atoms with E-state index in [9.17, 15) is 5.11 Å². The zero-order chi connectivity index (χ0) is 14.0. The van der Waals surface area contributed by atoms with E-state index in [-0.39, 0.29) is 5.54 Å². The molecule has 0 unspecified atom stereocenters. The lowest BCUT2D eigenvalue weighted by atomic mass is 9.98. The molecule has 0 amide bonds. The van der Waals surface area contributed by atoms with Crippen LogP contribution in [0.1, 0.15) is 43.9 Å². The SMILES string of the molecule is C=C[C@@H](O)c1ccc(Cl)cc1CN1CCCC1(C)C. The number of likely N-dealkylation sites (tertiary alicyclic amines) is 1. The molecule has 1 atom stereocenters. The molecule has 1 fully saturated rings. The molecule has 1 aromatic carbocycles. The van der Waals surface area contributed by atoms with E-state index in [0.717, 1.165) is 24.2 Å². The van der Waals surface area contributed by atoms with Crippen LogP contribution in [0.5, 0.6) is 0 Å². The zero-order valence-electron chi connectivity index (χ0n) is 11.7. The maximum Gasteiger partial charge on any atom is 0.0972 e. The smallest absolute Gasteiger partial charge is 0.0972 e. The van der Waals surface area contributed by atoms with Gasteiger partial charge in [0.25, 0.3) is 0 Å². The number of hydrogen-bond acceptors (Lipinski definition) is 2. The zero-order valence-corrected chi connectivity index (χ0v) is 12.5. The Labute approximate surface area is 120 Å². The fraction of sp³-hybridized carbons (Fsp3) is 0.500. The molecule has 1 N–H and O–H groups in total. The Morgan fingerprint density at radius 2 is 2.26 bits per heavy atom. The summed E-state index contributed by atoms with van der Waals surface area (Å²) >= 11 is 6.10. The molecule has 1 aliphatic heterocycles. The minimum atomic E-state index is -0.627. The van der Waals surface area contributed by atoms with Gasteiger partial charge in [-0.05, 0) is 56.5 Å². The fourth-order valence-electron chi connectivity index (χ4n) is 2.79. The highest BCUT2D eigenvalue weighted by molar-refractivity contribution is 6.30. The second-order valence-electron chi connectivity index (χ2n) is 5.86. The van der Waals surface area contributed by atoms with E-state index in [1.54, 1.807) is 6.08 Å². The molecule has 1 saturated heterocycles. The van der Waals surface area contributed by atoms with Gasteiger partial charge in [-0.2, -0.15) is 0 Å². The molecule has 2 nitrogen and oxygen atoms in total. The van der Waals surface area contributed by atoms with Gasteiger partial charge in [0.2, 0.25) is 0 Å². The van der Waals surface area contributed by atoms with Crippen LogP contribution in [0, 0.1) is 0 Å². The molecule has 0 bridgehead atoms. The molecule has 3 heteroatoms. The third-order valence-corrected chi connectivity index (χ3v) is 4.32. The molecule has 0 aliphatic carbocycles. The number of benzene rings is 1. The molecule has 1 aromatic rings. The normalized spacial score (nSPS) is 20.4. The molecule has 19 heavy (non-hydrogen) atoms. The van der Waals surface area contributed by atoms with Crippen molar-refractivity contribution in [3.63, 3.8) is 0 Å². The van der Waals surface area contributed by atoms with Gasteiger partial charge in [0, 0.05) is 17.1 Å². The van der Waals surface area contributed by atoms with Crippen LogP contribution in [0.15, 0.2) is 30.9 Å². The van der Waals surface area contributed by atoms with Crippen LogP contribution in [0.3, 0.4) is 0 Å². The van der Waals surface area contributed by atoms with E-state index in [4.69, 9.17) is 11.6 Å². The van der Waals surface area contributed by atoms with Crippen molar-refractivity contribution < 1.29 is 5.11 Å². The quantitative estimate of drug-likeness (QED) is 0.844. The first-order chi connectivity index (χ1) is 8.94. The molecule has 0 radical (unpaired) electrons. The van der Waals surface area contributed by atoms with Crippen LogP contribution < -0.4 is 0 Å². The summed E-state index contributed by atoms with van der Waals surface area (Å²) in [6.07, 6.45) is 3.37. The first-order valence-corrected chi connectivity index (χ1v) is 7.16. The van der Waals surface area contributed by atoms with Gasteiger partial charge in [-0.15, -0.1) is 6.58 Å². The maximum atomic E-state index is 10.0. The number of nitrogens with zero attached hydrogens (tertiary/aromatic N) is 1. The number of aliphatic hydroxyl groups is 1. The van der Waals surface area contributed by atoms with Crippen molar-refractivity contribution in [3.8, 4) is 0 Å². The van der Waals surface area contributed by atoms with Crippen molar-refractivity contribution in [3.05, 3.63) is 47.0 Å². The third-order valence-electron chi connectivity index (χ3n) is 4.08. The Kier molecular flexibility index (Phi) is 4.34. The van der Waals surface area contributed by atoms with Crippen molar-refractivity contribution in [2.75, 3.05) is 6.54 Å². The summed E-state index contributed by atoms with van der Waals surface area (Å²) in [7, 11) is 0. The first-order valence-electron chi connectivity index (χ1n) is 6.78. The molecular weight excluding hydrogens is 258 g/mol. The van der Waals surface area contributed by atoms with Gasteiger partial charge in [-0.3, -0.25) is 4.90 Å². The molecule has 0 aromatic heterocycles. The largest absolute Gasteiger partial charge is 0.384 e. The predicted octanol–water partition coefficient (Wildman–Crippen LogP) is 3.93. The Morgan fingerprint density at radius 1 is 1.53 bits per heavy atom. The average molecular weight is 280 g/mol. The Bertz CT molecular complexity index is 470. The Hall–Kier alpha value is -0.830. The summed E-state index contributed by atoms with van der Waals surface area (Å²) < 4.78 is 0. The van der Waals surface area contributed by atoms with Gasteiger partial charge in [-0.1, -0.05) is 23.7 Å². The fourth-order valence-corrected chi connectivity index (χ4v) is 2.98. The molecule has 104 valence electrons. The van der Waals surface area contributed by atoms with Crippen molar-refractivity contribution in [1.29, 1.82) is 0 Å². The lowest BCUT2D eigenvalue weighted by molar-refractivity contribution is 0.163. The van der Waals surface area contributed by atoms with Crippen LogP contribution in [0.2, 0.25) is 5.02 Å². The van der Waals surface area contributed by atoms with E-state index >= 15 is 0 Å². The number of rotatable bonds is 4. The summed E-state index contributed by atoms with van der Waals surface area (Å²) in [4.78, 5) is 2.46.